The smallest absolute Gasteiger partial charge is 0.358 e. The Morgan fingerprint density at radius 1 is 1.72 bits per heavy atom. The molecule has 1 heterocycles. The number of methoxy groups -OCH3 is 1. The summed E-state index contributed by atoms with van der Waals surface area (Å²) >= 11 is 0.872. The number of nitrogens with zero attached hydrogens (tertiary/aromatic N) is 1. The largest absolute Gasteiger partial charge is 0.464 e. The first-order valence-electron chi connectivity index (χ1n) is 5.07. The van der Waals surface area contributed by atoms with Crippen LogP contribution in [-0.4, -0.2) is 32.5 Å². The number of aromatic nitrogens is 1. The van der Waals surface area contributed by atoms with Crippen LogP contribution < -0.4 is 4.72 Å². The van der Waals surface area contributed by atoms with Gasteiger partial charge in [0.1, 0.15) is 0 Å². The van der Waals surface area contributed by atoms with Crippen LogP contribution >= 0.6 is 11.3 Å². The second-order valence-corrected chi connectivity index (χ2v) is 6.29. The molecule has 0 aliphatic rings. The molecule has 1 unspecified atom stereocenters. The van der Waals surface area contributed by atoms with Crippen molar-refractivity contribution >= 4 is 27.3 Å². The van der Waals surface area contributed by atoms with Crippen molar-refractivity contribution in [3.8, 4) is 0 Å². The highest BCUT2D eigenvalue weighted by Crippen LogP contribution is 2.21. The minimum atomic E-state index is -3.77. The maximum absolute atomic E-state index is 12.0. The summed E-state index contributed by atoms with van der Waals surface area (Å²) in [6, 6.07) is -0.305. The van der Waals surface area contributed by atoms with Gasteiger partial charge in [0.2, 0.25) is 0 Å². The Morgan fingerprint density at radius 3 is 2.94 bits per heavy atom. The zero-order valence-corrected chi connectivity index (χ0v) is 11.7. The summed E-state index contributed by atoms with van der Waals surface area (Å²) in [5.41, 5.74) is 1.10. The number of hydrogen-bond donors (Lipinski definition) is 1. The Labute approximate surface area is 110 Å². The molecule has 0 radical (unpaired) electrons. The van der Waals surface area contributed by atoms with Gasteiger partial charge in [0.25, 0.3) is 10.0 Å². The van der Waals surface area contributed by atoms with Gasteiger partial charge in [-0.2, -0.15) is 0 Å². The number of sulfonamides is 1. The van der Waals surface area contributed by atoms with E-state index < -0.39 is 16.0 Å². The van der Waals surface area contributed by atoms with Gasteiger partial charge in [-0.3, -0.25) is 0 Å². The van der Waals surface area contributed by atoms with Gasteiger partial charge in [-0.1, -0.05) is 6.08 Å². The number of carbonyl (C=O) groups excluding carboxylic acids is 1. The van der Waals surface area contributed by atoms with E-state index in [4.69, 9.17) is 0 Å². The van der Waals surface area contributed by atoms with Crippen LogP contribution in [-0.2, 0) is 14.8 Å². The molecule has 100 valence electrons. The molecule has 0 saturated carbocycles. The van der Waals surface area contributed by atoms with Crippen molar-refractivity contribution in [2.75, 3.05) is 7.11 Å². The molecule has 1 N–H and O–H groups in total. The van der Waals surface area contributed by atoms with E-state index in [-0.39, 0.29) is 15.9 Å². The number of rotatable bonds is 6. The van der Waals surface area contributed by atoms with Gasteiger partial charge in [0.15, 0.2) is 9.90 Å². The molecule has 1 atom stereocenters. The number of nitrogens with one attached hydrogen (secondary N) is 1. The zero-order chi connectivity index (χ0) is 13.8. The van der Waals surface area contributed by atoms with E-state index >= 15 is 0 Å². The van der Waals surface area contributed by atoms with Gasteiger partial charge in [-0.15, -0.1) is 17.9 Å². The molecule has 0 saturated heterocycles. The lowest BCUT2D eigenvalue weighted by atomic mass is 10.3. The first-order chi connectivity index (χ1) is 8.42. The molecular formula is C10H14N2O4S2. The third-order valence-electron chi connectivity index (χ3n) is 2.03. The second kappa shape index (κ2) is 6.07. The molecule has 8 heteroatoms. The van der Waals surface area contributed by atoms with Crippen LogP contribution in [0.5, 0.6) is 0 Å². The normalized spacial score (nSPS) is 13.0. The molecule has 0 aliphatic carbocycles. The van der Waals surface area contributed by atoms with Gasteiger partial charge in [0, 0.05) is 6.04 Å². The fraction of sp³-hybridized carbons (Fsp3) is 0.400. The van der Waals surface area contributed by atoms with Gasteiger partial charge in [-0.25, -0.2) is 22.9 Å². The molecule has 1 rings (SSSR count). The first kappa shape index (κ1) is 14.8. The standard InChI is InChI=1S/C10H14N2O4S2/c1-4-5-7(2)12-18(14,15)10-8(9(13)16-3)11-6-17-10/h4,6-7,12H,1,5H2,2-3H3. The van der Waals surface area contributed by atoms with Crippen LogP contribution in [0.25, 0.3) is 0 Å². The average molecular weight is 290 g/mol. The average Bonchev–Trinajstić information content (AvgIpc) is 2.77. The lowest BCUT2D eigenvalue weighted by molar-refractivity contribution is 0.0590. The highest BCUT2D eigenvalue weighted by atomic mass is 32.2. The van der Waals surface area contributed by atoms with Crippen LogP contribution in [0, 0.1) is 0 Å². The van der Waals surface area contributed by atoms with Crippen LogP contribution in [0.4, 0.5) is 0 Å². The number of thiazole rings is 1. The zero-order valence-electron chi connectivity index (χ0n) is 10.0. The molecule has 6 nitrogen and oxygen atoms in total. The Bertz CT molecular complexity index is 536. The van der Waals surface area contributed by atoms with Gasteiger partial charge in [-0.05, 0) is 13.3 Å². The molecule has 1 aromatic heterocycles. The first-order valence-corrected chi connectivity index (χ1v) is 7.43. The molecule has 0 spiro atoms. The van der Waals surface area contributed by atoms with Crippen molar-refractivity contribution in [3.05, 3.63) is 23.9 Å². The number of esters is 1. The molecule has 0 aromatic carbocycles. The highest BCUT2D eigenvalue weighted by Gasteiger charge is 2.27. The van der Waals surface area contributed by atoms with Crippen molar-refractivity contribution in [1.82, 2.24) is 9.71 Å². The van der Waals surface area contributed by atoms with Crippen molar-refractivity contribution in [2.45, 2.75) is 23.6 Å². The third kappa shape index (κ3) is 3.37. The highest BCUT2D eigenvalue weighted by molar-refractivity contribution is 7.91. The summed E-state index contributed by atoms with van der Waals surface area (Å²) in [6.07, 6.45) is 2.10. The Hall–Kier alpha value is -1.25. The summed E-state index contributed by atoms with van der Waals surface area (Å²) in [4.78, 5) is 15.1. The van der Waals surface area contributed by atoms with E-state index in [2.05, 4.69) is 21.0 Å². The van der Waals surface area contributed by atoms with E-state index in [1.54, 1.807) is 13.0 Å². The maximum atomic E-state index is 12.0. The van der Waals surface area contributed by atoms with Gasteiger partial charge >= 0.3 is 5.97 Å². The molecule has 1 aromatic rings. The quantitative estimate of drug-likeness (QED) is 0.628. The van der Waals surface area contributed by atoms with Crippen LogP contribution in [0.15, 0.2) is 22.4 Å². The minimum absolute atomic E-state index is 0.134. The summed E-state index contributed by atoms with van der Waals surface area (Å²) in [7, 11) is -2.59. The Morgan fingerprint density at radius 2 is 2.39 bits per heavy atom. The molecule has 18 heavy (non-hydrogen) atoms. The monoisotopic (exact) mass is 290 g/mol. The minimum Gasteiger partial charge on any atom is -0.464 e. The topological polar surface area (TPSA) is 85.4 Å². The summed E-state index contributed by atoms with van der Waals surface area (Å²) < 4.78 is 30.9. The Kier molecular flexibility index (Phi) is 5.00. The van der Waals surface area contributed by atoms with Crippen molar-refractivity contribution in [3.63, 3.8) is 0 Å². The number of ether oxygens (including phenoxy) is 1. The van der Waals surface area contributed by atoms with Crippen LogP contribution in [0.3, 0.4) is 0 Å². The maximum Gasteiger partial charge on any atom is 0.358 e. The molecule has 0 fully saturated rings. The van der Waals surface area contributed by atoms with Crippen molar-refractivity contribution < 1.29 is 17.9 Å². The molecular weight excluding hydrogens is 276 g/mol. The molecule has 0 amide bonds. The number of hydrogen-bond acceptors (Lipinski definition) is 6. The van der Waals surface area contributed by atoms with E-state index in [1.807, 2.05) is 0 Å². The number of carbonyl (C=O) groups is 1. The fourth-order valence-corrected chi connectivity index (χ4v) is 3.68. The summed E-state index contributed by atoms with van der Waals surface area (Å²) in [6.45, 7) is 5.24. The SMILES string of the molecule is C=CCC(C)NS(=O)(=O)c1scnc1C(=O)OC. The lowest BCUT2D eigenvalue weighted by Gasteiger charge is -2.11. The third-order valence-corrected chi connectivity index (χ3v) is 4.99. The van der Waals surface area contributed by atoms with E-state index in [9.17, 15) is 13.2 Å². The summed E-state index contributed by atoms with van der Waals surface area (Å²) in [5, 5.41) is 0. The Balaban J connectivity index is 3.02. The van der Waals surface area contributed by atoms with E-state index in [0.29, 0.717) is 6.42 Å². The second-order valence-electron chi connectivity index (χ2n) is 3.53. The van der Waals surface area contributed by atoms with Gasteiger partial charge < -0.3 is 4.74 Å². The molecule has 0 bridgehead atoms. The van der Waals surface area contributed by atoms with Crippen molar-refractivity contribution in [2.24, 2.45) is 0 Å². The van der Waals surface area contributed by atoms with Gasteiger partial charge in [0.05, 0.1) is 12.6 Å². The van der Waals surface area contributed by atoms with Crippen LogP contribution in [0.1, 0.15) is 23.8 Å². The predicted molar refractivity (Wildman–Crippen MR) is 68.1 cm³/mol. The van der Waals surface area contributed by atoms with Crippen molar-refractivity contribution in [1.29, 1.82) is 0 Å². The lowest BCUT2D eigenvalue weighted by Crippen LogP contribution is -2.32. The molecule has 0 aliphatic heterocycles. The van der Waals surface area contributed by atoms with Crippen LogP contribution in [0.2, 0.25) is 0 Å². The van der Waals surface area contributed by atoms with E-state index in [1.165, 1.54) is 12.6 Å². The summed E-state index contributed by atoms with van der Waals surface area (Å²) in [5.74, 6) is -0.770. The van der Waals surface area contributed by atoms with E-state index in [0.717, 1.165) is 11.3 Å². The fourth-order valence-electron chi connectivity index (χ4n) is 1.28. The predicted octanol–water partition coefficient (Wildman–Crippen LogP) is 1.17.